The Bertz CT molecular complexity index is 1270. The van der Waals surface area contributed by atoms with E-state index in [1.165, 1.54) is 17.5 Å². The van der Waals surface area contributed by atoms with E-state index in [0.717, 1.165) is 83.2 Å². The fourth-order valence-electron chi connectivity index (χ4n) is 6.69. The SMILES string of the molecule is CC(C)(C)OC(=O)N(CC1CCN(CCCc2ccc(C(=O)O)cc2)CC1)C1CC1c1ccc(C(=O)N2CCCCC2)cc1. The molecule has 2 unspecified atom stereocenters. The molecule has 2 saturated heterocycles. The number of carbonyl (C=O) groups is 3. The van der Waals surface area contributed by atoms with Gasteiger partial charge in [-0.25, -0.2) is 9.59 Å². The van der Waals surface area contributed by atoms with Crippen LogP contribution in [0.3, 0.4) is 0 Å². The Kier molecular flexibility index (Phi) is 10.3. The van der Waals surface area contributed by atoms with E-state index in [2.05, 4.69) is 17.0 Å². The number of benzene rings is 2. The summed E-state index contributed by atoms with van der Waals surface area (Å²) in [6.07, 6.45) is 8.14. The molecule has 238 valence electrons. The first-order valence-corrected chi connectivity index (χ1v) is 16.5. The average molecular weight is 604 g/mol. The van der Waals surface area contributed by atoms with Crippen LogP contribution in [0.2, 0.25) is 0 Å². The van der Waals surface area contributed by atoms with Crippen molar-refractivity contribution in [3.05, 3.63) is 70.8 Å². The molecule has 0 spiro atoms. The van der Waals surface area contributed by atoms with Gasteiger partial charge in [-0.05, 0) is 133 Å². The summed E-state index contributed by atoms with van der Waals surface area (Å²) in [5.41, 5.74) is 2.88. The zero-order valence-corrected chi connectivity index (χ0v) is 26.7. The lowest BCUT2D eigenvalue weighted by molar-refractivity contribution is 0.0171. The molecule has 2 aliphatic heterocycles. The second-order valence-corrected chi connectivity index (χ2v) is 13.9. The van der Waals surface area contributed by atoms with Crippen molar-refractivity contribution in [1.29, 1.82) is 0 Å². The fourth-order valence-corrected chi connectivity index (χ4v) is 6.69. The Labute approximate surface area is 262 Å². The van der Waals surface area contributed by atoms with Crippen LogP contribution >= 0.6 is 0 Å². The van der Waals surface area contributed by atoms with Crippen LogP contribution in [0.15, 0.2) is 48.5 Å². The number of hydrogen-bond donors (Lipinski definition) is 1. The average Bonchev–Trinajstić information content (AvgIpc) is 3.81. The van der Waals surface area contributed by atoms with Gasteiger partial charge in [0.1, 0.15) is 5.60 Å². The van der Waals surface area contributed by atoms with Gasteiger partial charge in [0.25, 0.3) is 5.91 Å². The van der Waals surface area contributed by atoms with Crippen molar-refractivity contribution in [2.75, 3.05) is 39.3 Å². The van der Waals surface area contributed by atoms with Crippen molar-refractivity contribution in [2.24, 2.45) is 5.92 Å². The summed E-state index contributed by atoms with van der Waals surface area (Å²) in [4.78, 5) is 43.9. The number of ether oxygens (including phenoxy) is 1. The van der Waals surface area contributed by atoms with E-state index in [9.17, 15) is 14.4 Å². The molecule has 0 radical (unpaired) electrons. The molecule has 8 heteroatoms. The maximum atomic E-state index is 13.4. The van der Waals surface area contributed by atoms with Crippen molar-refractivity contribution < 1.29 is 24.2 Å². The minimum absolute atomic E-state index is 0.124. The predicted molar refractivity (Wildman–Crippen MR) is 171 cm³/mol. The fraction of sp³-hybridized carbons (Fsp3) is 0.583. The molecule has 3 aliphatic rings. The van der Waals surface area contributed by atoms with Gasteiger partial charge in [0.15, 0.2) is 0 Å². The van der Waals surface area contributed by atoms with E-state index in [4.69, 9.17) is 9.84 Å². The van der Waals surface area contributed by atoms with E-state index < -0.39 is 11.6 Å². The number of carboxylic acid groups (broad SMARTS) is 1. The van der Waals surface area contributed by atoms with Crippen molar-refractivity contribution in [3.8, 4) is 0 Å². The summed E-state index contributed by atoms with van der Waals surface area (Å²) >= 11 is 0. The quantitative estimate of drug-likeness (QED) is 0.336. The number of hydrogen-bond acceptors (Lipinski definition) is 5. The molecule has 3 fully saturated rings. The smallest absolute Gasteiger partial charge is 0.410 e. The van der Waals surface area contributed by atoms with E-state index >= 15 is 0 Å². The summed E-state index contributed by atoms with van der Waals surface area (Å²) in [6, 6.07) is 15.4. The van der Waals surface area contributed by atoms with E-state index in [0.29, 0.717) is 18.0 Å². The number of rotatable bonds is 10. The maximum Gasteiger partial charge on any atom is 0.410 e. The third-order valence-electron chi connectivity index (χ3n) is 9.32. The Balaban J connectivity index is 1.12. The number of amides is 2. The van der Waals surface area contributed by atoms with Gasteiger partial charge in [-0.15, -0.1) is 0 Å². The third-order valence-corrected chi connectivity index (χ3v) is 9.32. The first-order chi connectivity index (χ1) is 21.1. The molecule has 0 aromatic heterocycles. The number of aryl methyl sites for hydroxylation is 1. The van der Waals surface area contributed by atoms with E-state index in [-0.39, 0.29) is 24.0 Å². The molecule has 44 heavy (non-hydrogen) atoms. The van der Waals surface area contributed by atoms with Crippen molar-refractivity contribution in [1.82, 2.24) is 14.7 Å². The molecule has 2 atom stereocenters. The van der Waals surface area contributed by atoms with Crippen molar-refractivity contribution in [3.63, 3.8) is 0 Å². The highest BCUT2D eigenvalue weighted by atomic mass is 16.6. The zero-order valence-electron chi connectivity index (χ0n) is 26.7. The molecular weight excluding hydrogens is 554 g/mol. The number of nitrogens with zero attached hydrogens (tertiary/aromatic N) is 3. The molecule has 2 aromatic carbocycles. The highest BCUT2D eigenvalue weighted by molar-refractivity contribution is 5.94. The number of carboxylic acids is 1. The lowest BCUT2D eigenvalue weighted by Gasteiger charge is -2.36. The lowest BCUT2D eigenvalue weighted by Crippen LogP contribution is -2.44. The molecule has 1 N–H and O–H groups in total. The summed E-state index contributed by atoms with van der Waals surface area (Å²) in [5, 5.41) is 9.09. The van der Waals surface area contributed by atoms with Gasteiger partial charge in [0, 0.05) is 37.2 Å². The standard InChI is InChI=1S/C36H49N3O5/c1-36(2,3)44-35(43)39(32-24-31(32)28-13-15-29(16-14-28)33(40)38-20-5-4-6-21-38)25-27-17-22-37(23-18-27)19-7-8-26-9-11-30(12-10-26)34(41)42/h9-16,27,31-32H,4-8,17-25H2,1-3H3,(H,41,42). The van der Waals surface area contributed by atoms with Crippen LogP contribution in [-0.4, -0.2) is 88.7 Å². The first-order valence-electron chi connectivity index (χ1n) is 16.5. The molecule has 0 bridgehead atoms. The molecular formula is C36H49N3O5. The predicted octanol–water partition coefficient (Wildman–Crippen LogP) is 6.45. The van der Waals surface area contributed by atoms with Crippen LogP contribution in [0.25, 0.3) is 0 Å². The minimum Gasteiger partial charge on any atom is -0.478 e. The second kappa shape index (κ2) is 14.1. The molecule has 2 aromatic rings. The summed E-state index contributed by atoms with van der Waals surface area (Å²) in [6.45, 7) is 11.2. The lowest BCUT2D eigenvalue weighted by atomic mass is 9.95. The molecule has 1 aliphatic carbocycles. The summed E-state index contributed by atoms with van der Waals surface area (Å²) < 4.78 is 5.88. The Morgan fingerprint density at radius 3 is 2.14 bits per heavy atom. The minimum atomic E-state index is -0.892. The topological polar surface area (TPSA) is 90.4 Å². The van der Waals surface area contributed by atoms with Crippen LogP contribution in [0.4, 0.5) is 4.79 Å². The van der Waals surface area contributed by atoms with Gasteiger partial charge >= 0.3 is 12.1 Å². The van der Waals surface area contributed by atoms with Crippen LogP contribution in [0.1, 0.15) is 103 Å². The van der Waals surface area contributed by atoms with E-state index in [1.54, 1.807) is 12.1 Å². The largest absolute Gasteiger partial charge is 0.478 e. The third kappa shape index (κ3) is 8.62. The highest BCUT2D eigenvalue weighted by Gasteiger charge is 2.46. The van der Waals surface area contributed by atoms with Gasteiger partial charge in [-0.2, -0.15) is 0 Å². The van der Waals surface area contributed by atoms with Crippen molar-refractivity contribution in [2.45, 2.75) is 89.7 Å². The Hall–Kier alpha value is -3.39. The van der Waals surface area contributed by atoms with Gasteiger partial charge < -0.3 is 24.5 Å². The van der Waals surface area contributed by atoms with Gasteiger partial charge in [-0.3, -0.25) is 4.79 Å². The second-order valence-electron chi connectivity index (χ2n) is 13.9. The monoisotopic (exact) mass is 603 g/mol. The van der Waals surface area contributed by atoms with Gasteiger partial charge in [0.2, 0.25) is 0 Å². The zero-order chi connectivity index (χ0) is 31.3. The summed E-state index contributed by atoms with van der Waals surface area (Å²) in [5.74, 6) is -0.0593. The molecule has 5 rings (SSSR count). The van der Waals surface area contributed by atoms with Gasteiger partial charge in [0.05, 0.1) is 5.56 Å². The normalized spacial score (nSPS) is 21.1. The van der Waals surface area contributed by atoms with Crippen LogP contribution in [-0.2, 0) is 11.2 Å². The van der Waals surface area contributed by atoms with Crippen molar-refractivity contribution >= 4 is 18.0 Å². The maximum absolute atomic E-state index is 13.4. The number of likely N-dealkylation sites (tertiary alicyclic amines) is 2. The number of piperidine rings is 2. The van der Waals surface area contributed by atoms with Crippen LogP contribution in [0.5, 0.6) is 0 Å². The number of aromatic carboxylic acids is 1. The first kappa shape index (κ1) is 32.0. The molecule has 2 heterocycles. The van der Waals surface area contributed by atoms with E-state index in [1.807, 2.05) is 54.8 Å². The molecule has 2 amide bonds. The molecule has 8 nitrogen and oxygen atoms in total. The highest BCUT2D eigenvalue weighted by Crippen LogP contribution is 2.46. The van der Waals surface area contributed by atoms with Crippen LogP contribution in [0, 0.1) is 5.92 Å². The van der Waals surface area contributed by atoms with Gasteiger partial charge in [-0.1, -0.05) is 24.3 Å². The summed E-state index contributed by atoms with van der Waals surface area (Å²) in [7, 11) is 0. The molecule has 1 saturated carbocycles. The van der Waals surface area contributed by atoms with Crippen LogP contribution < -0.4 is 0 Å². The number of carbonyl (C=O) groups excluding carboxylic acids is 2. The Morgan fingerprint density at radius 1 is 0.886 bits per heavy atom. The Morgan fingerprint density at radius 2 is 1.52 bits per heavy atom.